The number of rotatable bonds is 5. The molecule has 2 amide bonds. The summed E-state index contributed by atoms with van der Waals surface area (Å²) in [5.41, 5.74) is 0. The van der Waals surface area contributed by atoms with E-state index in [4.69, 9.17) is 5.26 Å². The zero-order valence-electron chi connectivity index (χ0n) is 9.61. The SMILES string of the molecule is CCCN1CC(=O)N(CCCC#N)CC1=O. The molecule has 5 heteroatoms. The first-order chi connectivity index (χ1) is 7.69. The first-order valence-corrected chi connectivity index (χ1v) is 5.61. The molecule has 16 heavy (non-hydrogen) atoms. The number of amides is 2. The van der Waals surface area contributed by atoms with Gasteiger partial charge >= 0.3 is 0 Å². The van der Waals surface area contributed by atoms with Crippen LogP contribution in [0.15, 0.2) is 0 Å². The molecule has 1 aliphatic rings. The van der Waals surface area contributed by atoms with Crippen molar-refractivity contribution in [1.82, 2.24) is 9.80 Å². The van der Waals surface area contributed by atoms with E-state index in [1.54, 1.807) is 9.80 Å². The van der Waals surface area contributed by atoms with Crippen molar-refractivity contribution in [3.63, 3.8) is 0 Å². The van der Waals surface area contributed by atoms with E-state index < -0.39 is 0 Å². The van der Waals surface area contributed by atoms with Crippen LogP contribution in [-0.4, -0.2) is 47.8 Å². The third kappa shape index (κ3) is 3.23. The van der Waals surface area contributed by atoms with E-state index in [0.717, 1.165) is 6.42 Å². The molecule has 0 aromatic carbocycles. The first kappa shape index (κ1) is 12.5. The van der Waals surface area contributed by atoms with Crippen molar-refractivity contribution < 1.29 is 9.59 Å². The van der Waals surface area contributed by atoms with E-state index >= 15 is 0 Å². The maximum atomic E-state index is 11.7. The van der Waals surface area contributed by atoms with E-state index in [1.165, 1.54) is 0 Å². The van der Waals surface area contributed by atoms with Crippen LogP contribution in [0, 0.1) is 11.3 Å². The van der Waals surface area contributed by atoms with Gasteiger partial charge in [-0.1, -0.05) is 6.92 Å². The Morgan fingerprint density at radius 1 is 1.19 bits per heavy atom. The average molecular weight is 223 g/mol. The van der Waals surface area contributed by atoms with Crippen LogP contribution in [0.3, 0.4) is 0 Å². The highest BCUT2D eigenvalue weighted by atomic mass is 16.2. The standard InChI is InChI=1S/C11H17N3O2/c1-2-6-13-8-11(16)14(9-10(13)15)7-4-3-5-12/h2-4,6-9H2,1H3. The summed E-state index contributed by atoms with van der Waals surface area (Å²) in [4.78, 5) is 26.5. The molecule has 0 unspecified atom stereocenters. The molecule has 88 valence electrons. The van der Waals surface area contributed by atoms with Gasteiger partial charge in [0, 0.05) is 19.5 Å². The van der Waals surface area contributed by atoms with Gasteiger partial charge in [0.2, 0.25) is 11.8 Å². The Balaban J connectivity index is 2.44. The number of piperazine rings is 1. The Labute approximate surface area is 95.6 Å². The number of hydrogen-bond acceptors (Lipinski definition) is 3. The van der Waals surface area contributed by atoms with Gasteiger partial charge in [0.25, 0.3) is 0 Å². The molecule has 1 rings (SSSR count). The van der Waals surface area contributed by atoms with Crippen molar-refractivity contribution >= 4 is 11.8 Å². The van der Waals surface area contributed by atoms with Crippen molar-refractivity contribution in [3.05, 3.63) is 0 Å². The van der Waals surface area contributed by atoms with Gasteiger partial charge in [0.1, 0.15) is 0 Å². The molecule has 0 spiro atoms. The van der Waals surface area contributed by atoms with Crippen molar-refractivity contribution in [1.29, 1.82) is 5.26 Å². The summed E-state index contributed by atoms with van der Waals surface area (Å²) >= 11 is 0. The summed E-state index contributed by atoms with van der Waals surface area (Å²) in [5, 5.41) is 8.40. The monoisotopic (exact) mass is 223 g/mol. The lowest BCUT2D eigenvalue weighted by Gasteiger charge is -2.33. The molecule has 0 aromatic heterocycles. The predicted molar refractivity (Wildman–Crippen MR) is 58.3 cm³/mol. The Kier molecular flexibility index (Phi) is 4.77. The van der Waals surface area contributed by atoms with Gasteiger partial charge in [-0.05, 0) is 12.8 Å². The number of nitrogens with zero attached hydrogens (tertiary/aromatic N) is 3. The normalized spacial score (nSPS) is 16.5. The zero-order chi connectivity index (χ0) is 12.0. The topological polar surface area (TPSA) is 64.4 Å². The smallest absolute Gasteiger partial charge is 0.242 e. The largest absolute Gasteiger partial charge is 0.332 e. The Bertz CT molecular complexity index is 309. The van der Waals surface area contributed by atoms with E-state index in [1.807, 2.05) is 13.0 Å². The molecule has 0 aromatic rings. The van der Waals surface area contributed by atoms with Gasteiger partial charge in [-0.15, -0.1) is 0 Å². The molecule has 1 aliphatic heterocycles. The van der Waals surface area contributed by atoms with Crippen LogP contribution in [0.25, 0.3) is 0 Å². The van der Waals surface area contributed by atoms with E-state index in [9.17, 15) is 9.59 Å². The molecule has 0 saturated carbocycles. The molecular weight excluding hydrogens is 206 g/mol. The van der Waals surface area contributed by atoms with Crippen molar-refractivity contribution in [2.45, 2.75) is 26.2 Å². The molecule has 0 radical (unpaired) electrons. The molecule has 1 heterocycles. The number of hydrogen-bond donors (Lipinski definition) is 0. The summed E-state index contributed by atoms with van der Waals surface area (Å²) in [6, 6.07) is 2.03. The van der Waals surface area contributed by atoms with Gasteiger partial charge in [-0.2, -0.15) is 5.26 Å². The highest BCUT2D eigenvalue weighted by Crippen LogP contribution is 2.06. The van der Waals surface area contributed by atoms with E-state index in [2.05, 4.69) is 0 Å². The minimum absolute atomic E-state index is 0.00834. The number of carbonyl (C=O) groups excluding carboxylic acids is 2. The molecule has 1 fully saturated rings. The molecule has 0 atom stereocenters. The molecule has 5 nitrogen and oxygen atoms in total. The summed E-state index contributed by atoms with van der Waals surface area (Å²) in [6.45, 7) is 3.51. The predicted octanol–water partition coefficient (Wildman–Crippen LogP) is 0.371. The molecule has 0 N–H and O–H groups in total. The van der Waals surface area contributed by atoms with E-state index in [-0.39, 0.29) is 24.9 Å². The van der Waals surface area contributed by atoms with Crippen LogP contribution in [-0.2, 0) is 9.59 Å². The van der Waals surface area contributed by atoms with Gasteiger partial charge < -0.3 is 9.80 Å². The van der Waals surface area contributed by atoms with Crippen molar-refractivity contribution in [2.24, 2.45) is 0 Å². The van der Waals surface area contributed by atoms with Crippen LogP contribution < -0.4 is 0 Å². The molecular formula is C11H17N3O2. The highest BCUT2D eigenvalue weighted by molar-refractivity contribution is 5.92. The fourth-order valence-corrected chi connectivity index (χ4v) is 1.73. The Hall–Kier alpha value is -1.57. The van der Waals surface area contributed by atoms with Crippen LogP contribution in [0.4, 0.5) is 0 Å². The van der Waals surface area contributed by atoms with E-state index in [0.29, 0.717) is 25.9 Å². The third-order valence-corrected chi connectivity index (χ3v) is 2.57. The summed E-state index contributed by atoms with van der Waals surface area (Å²) in [5.74, 6) is 0.00407. The van der Waals surface area contributed by atoms with Crippen LogP contribution in [0.1, 0.15) is 26.2 Å². The average Bonchev–Trinajstić information content (AvgIpc) is 2.25. The second kappa shape index (κ2) is 6.11. The van der Waals surface area contributed by atoms with Crippen LogP contribution in [0.2, 0.25) is 0 Å². The fourth-order valence-electron chi connectivity index (χ4n) is 1.73. The number of unbranched alkanes of at least 4 members (excludes halogenated alkanes) is 1. The molecule has 0 aliphatic carbocycles. The minimum atomic E-state index is -0.00834. The minimum Gasteiger partial charge on any atom is -0.332 e. The summed E-state index contributed by atoms with van der Waals surface area (Å²) < 4.78 is 0. The van der Waals surface area contributed by atoms with Gasteiger partial charge in [-0.3, -0.25) is 9.59 Å². The summed E-state index contributed by atoms with van der Waals surface area (Å²) in [6.07, 6.45) is 1.94. The summed E-state index contributed by atoms with van der Waals surface area (Å²) in [7, 11) is 0. The van der Waals surface area contributed by atoms with Gasteiger partial charge in [0.15, 0.2) is 0 Å². The second-order valence-electron chi connectivity index (χ2n) is 3.89. The van der Waals surface area contributed by atoms with Crippen LogP contribution >= 0.6 is 0 Å². The maximum absolute atomic E-state index is 11.7. The van der Waals surface area contributed by atoms with Crippen molar-refractivity contribution in [3.8, 4) is 6.07 Å². The quantitative estimate of drug-likeness (QED) is 0.632. The fraction of sp³-hybridized carbons (Fsp3) is 0.727. The maximum Gasteiger partial charge on any atom is 0.242 e. The lowest BCUT2D eigenvalue weighted by Crippen LogP contribution is -2.53. The first-order valence-electron chi connectivity index (χ1n) is 5.61. The number of carbonyl (C=O) groups is 2. The highest BCUT2D eigenvalue weighted by Gasteiger charge is 2.28. The van der Waals surface area contributed by atoms with Gasteiger partial charge in [-0.25, -0.2) is 0 Å². The lowest BCUT2D eigenvalue weighted by atomic mass is 10.2. The lowest BCUT2D eigenvalue weighted by molar-refractivity contribution is -0.150. The van der Waals surface area contributed by atoms with Crippen LogP contribution in [0.5, 0.6) is 0 Å². The number of nitriles is 1. The molecule has 0 bridgehead atoms. The van der Waals surface area contributed by atoms with Crippen molar-refractivity contribution in [2.75, 3.05) is 26.2 Å². The third-order valence-electron chi connectivity index (χ3n) is 2.57. The molecule has 1 saturated heterocycles. The van der Waals surface area contributed by atoms with Gasteiger partial charge in [0.05, 0.1) is 19.2 Å². The Morgan fingerprint density at radius 3 is 2.25 bits per heavy atom. The second-order valence-corrected chi connectivity index (χ2v) is 3.89. The Morgan fingerprint density at radius 2 is 1.75 bits per heavy atom. The zero-order valence-corrected chi connectivity index (χ0v) is 9.61.